The summed E-state index contributed by atoms with van der Waals surface area (Å²) < 4.78 is 8.21. The van der Waals surface area contributed by atoms with Crippen LogP contribution in [-0.2, 0) is 17.9 Å². The molecule has 1 amide bonds. The Balaban J connectivity index is 1.59. The molecule has 1 aromatic carbocycles. The molecule has 0 atom stereocenters. The summed E-state index contributed by atoms with van der Waals surface area (Å²) in [4.78, 5) is 28.9. The monoisotopic (exact) mass is 483 g/mol. The minimum absolute atomic E-state index is 0.0835. The van der Waals surface area contributed by atoms with E-state index < -0.39 is 5.76 Å². The fraction of sp³-hybridized carbons (Fsp3) is 0.360. The SMILES string of the molecule is CC(C)=CCCC(C)=CCNC(=O)Cn1nc(-c2ncn(Cc3ccc(Cl)cc3)c2C)oc1=O. The lowest BCUT2D eigenvalue weighted by Crippen LogP contribution is -2.31. The van der Waals surface area contributed by atoms with E-state index in [1.165, 1.54) is 11.1 Å². The molecule has 180 valence electrons. The lowest BCUT2D eigenvalue weighted by Gasteiger charge is -2.05. The maximum Gasteiger partial charge on any atom is 0.437 e. The van der Waals surface area contributed by atoms with Gasteiger partial charge in [-0.15, -0.1) is 5.10 Å². The van der Waals surface area contributed by atoms with E-state index in [1.54, 1.807) is 6.33 Å². The molecular weight excluding hydrogens is 454 g/mol. The van der Waals surface area contributed by atoms with E-state index in [-0.39, 0.29) is 18.3 Å². The zero-order valence-corrected chi connectivity index (χ0v) is 20.7. The molecule has 0 aliphatic rings. The largest absolute Gasteiger partial charge is 0.437 e. The highest BCUT2D eigenvalue weighted by molar-refractivity contribution is 6.30. The highest BCUT2D eigenvalue weighted by Gasteiger charge is 2.18. The standard InChI is InChI=1S/C25H30ClN5O3/c1-17(2)6-5-7-18(3)12-13-27-22(32)15-31-25(33)34-24(29-31)23-19(4)30(16-28-23)14-20-8-10-21(26)11-9-20/h6,8-12,16H,5,7,13-15H2,1-4H3,(H,27,32). The molecule has 34 heavy (non-hydrogen) atoms. The van der Waals surface area contributed by atoms with Crippen LogP contribution in [0.3, 0.4) is 0 Å². The van der Waals surface area contributed by atoms with Crippen molar-refractivity contribution in [3.05, 3.63) is 80.7 Å². The molecule has 9 heteroatoms. The number of allylic oxidation sites excluding steroid dienone is 3. The first-order valence-electron chi connectivity index (χ1n) is 11.1. The Bertz CT molecular complexity index is 1240. The Kier molecular flexibility index (Phi) is 8.65. The lowest BCUT2D eigenvalue weighted by molar-refractivity contribution is -0.121. The van der Waals surface area contributed by atoms with E-state index in [2.05, 4.69) is 35.3 Å². The third-order valence-electron chi connectivity index (χ3n) is 5.31. The maximum absolute atomic E-state index is 12.3. The van der Waals surface area contributed by atoms with Gasteiger partial charge in [-0.25, -0.2) is 9.78 Å². The normalized spacial score (nSPS) is 11.5. The molecule has 0 aliphatic heterocycles. The quantitative estimate of drug-likeness (QED) is 0.428. The highest BCUT2D eigenvalue weighted by atomic mass is 35.5. The number of rotatable bonds is 10. The van der Waals surface area contributed by atoms with Crippen molar-refractivity contribution in [3.8, 4) is 11.6 Å². The van der Waals surface area contributed by atoms with E-state index >= 15 is 0 Å². The van der Waals surface area contributed by atoms with Gasteiger partial charge in [0.05, 0.1) is 6.33 Å². The van der Waals surface area contributed by atoms with Gasteiger partial charge >= 0.3 is 5.76 Å². The summed E-state index contributed by atoms with van der Waals surface area (Å²) in [6.07, 6.45) is 7.75. The third-order valence-corrected chi connectivity index (χ3v) is 5.56. The molecule has 0 unspecified atom stereocenters. The van der Waals surface area contributed by atoms with Crippen molar-refractivity contribution in [2.24, 2.45) is 0 Å². The zero-order valence-electron chi connectivity index (χ0n) is 20.0. The molecule has 0 aliphatic carbocycles. The molecular formula is C25H30ClN5O3. The van der Waals surface area contributed by atoms with Crippen molar-refractivity contribution >= 4 is 17.5 Å². The first-order chi connectivity index (χ1) is 16.2. The van der Waals surface area contributed by atoms with E-state index in [0.29, 0.717) is 23.8 Å². The lowest BCUT2D eigenvalue weighted by atomic mass is 10.1. The topological polar surface area (TPSA) is 95.0 Å². The summed E-state index contributed by atoms with van der Waals surface area (Å²) in [5.74, 6) is -0.939. The van der Waals surface area contributed by atoms with Crippen molar-refractivity contribution in [1.82, 2.24) is 24.6 Å². The maximum atomic E-state index is 12.3. The van der Waals surface area contributed by atoms with Gasteiger partial charge in [-0.05, 0) is 58.2 Å². The molecule has 2 heterocycles. The number of benzene rings is 1. The molecule has 0 bridgehead atoms. The molecule has 0 radical (unpaired) electrons. The summed E-state index contributed by atoms with van der Waals surface area (Å²) >= 11 is 5.95. The van der Waals surface area contributed by atoms with Crippen LogP contribution in [0.5, 0.6) is 0 Å². The van der Waals surface area contributed by atoms with E-state index in [0.717, 1.165) is 28.8 Å². The molecule has 0 fully saturated rings. The first-order valence-corrected chi connectivity index (χ1v) is 11.5. The molecule has 3 aromatic rings. The number of nitrogens with zero attached hydrogens (tertiary/aromatic N) is 4. The first kappa shape index (κ1) is 25.2. The number of carbonyl (C=O) groups excluding carboxylic acids is 1. The van der Waals surface area contributed by atoms with Crippen LogP contribution in [0.2, 0.25) is 5.02 Å². The van der Waals surface area contributed by atoms with Crippen molar-refractivity contribution < 1.29 is 9.21 Å². The van der Waals surface area contributed by atoms with Gasteiger partial charge in [-0.1, -0.05) is 47.0 Å². The number of nitrogens with one attached hydrogen (secondary N) is 1. The van der Waals surface area contributed by atoms with E-state index in [1.807, 2.05) is 48.8 Å². The number of amides is 1. The average molecular weight is 484 g/mol. The van der Waals surface area contributed by atoms with Gasteiger partial charge in [0.25, 0.3) is 5.89 Å². The second-order valence-electron chi connectivity index (χ2n) is 8.44. The summed E-state index contributed by atoms with van der Waals surface area (Å²) in [6, 6.07) is 7.54. The van der Waals surface area contributed by atoms with Gasteiger partial charge in [0.1, 0.15) is 12.2 Å². The number of hydrogen-bond donors (Lipinski definition) is 1. The fourth-order valence-corrected chi connectivity index (χ4v) is 3.45. The van der Waals surface area contributed by atoms with Crippen LogP contribution in [0.1, 0.15) is 44.9 Å². The van der Waals surface area contributed by atoms with Crippen molar-refractivity contribution in [1.29, 1.82) is 0 Å². The minimum atomic E-state index is -0.703. The van der Waals surface area contributed by atoms with Gasteiger partial charge in [0.15, 0.2) is 0 Å². The van der Waals surface area contributed by atoms with Crippen LogP contribution in [-0.4, -0.2) is 31.8 Å². The van der Waals surface area contributed by atoms with Crippen LogP contribution in [0, 0.1) is 6.92 Å². The Morgan fingerprint density at radius 3 is 2.62 bits per heavy atom. The summed E-state index contributed by atoms with van der Waals surface area (Å²) in [5, 5.41) is 7.63. The second-order valence-corrected chi connectivity index (χ2v) is 8.87. The molecule has 3 rings (SSSR count). The molecule has 2 aromatic heterocycles. The molecule has 8 nitrogen and oxygen atoms in total. The minimum Gasteiger partial charge on any atom is -0.386 e. The van der Waals surface area contributed by atoms with Crippen LogP contribution in [0.15, 0.2) is 63.1 Å². The molecule has 1 N–H and O–H groups in total. The Labute approximate surface area is 204 Å². The van der Waals surface area contributed by atoms with Crippen LogP contribution in [0.4, 0.5) is 0 Å². The molecule has 0 spiro atoms. The molecule has 0 saturated carbocycles. The van der Waals surface area contributed by atoms with Crippen molar-refractivity contribution in [3.63, 3.8) is 0 Å². The van der Waals surface area contributed by atoms with Gasteiger partial charge < -0.3 is 14.3 Å². The average Bonchev–Trinajstić information content (AvgIpc) is 3.31. The zero-order chi connectivity index (χ0) is 24.7. The van der Waals surface area contributed by atoms with Gasteiger partial charge in [-0.2, -0.15) is 4.68 Å². The van der Waals surface area contributed by atoms with Crippen LogP contribution >= 0.6 is 11.6 Å². The van der Waals surface area contributed by atoms with Gasteiger partial charge in [0, 0.05) is 23.8 Å². The Morgan fingerprint density at radius 2 is 1.91 bits per heavy atom. The van der Waals surface area contributed by atoms with Crippen LogP contribution < -0.4 is 11.1 Å². The molecule has 0 saturated heterocycles. The van der Waals surface area contributed by atoms with E-state index in [4.69, 9.17) is 16.0 Å². The summed E-state index contributed by atoms with van der Waals surface area (Å²) in [5.41, 5.74) is 4.80. The number of hydrogen-bond acceptors (Lipinski definition) is 5. The van der Waals surface area contributed by atoms with Crippen molar-refractivity contribution in [2.75, 3.05) is 6.54 Å². The number of imidazole rings is 1. The summed E-state index contributed by atoms with van der Waals surface area (Å²) in [6.45, 7) is 8.81. The second kappa shape index (κ2) is 11.7. The fourth-order valence-electron chi connectivity index (χ4n) is 3.32. The smallest absolute Gasteiger partial charge is 0.386 e. The van der Waals surface area contributed by atoms with Gasteiger partial charge in [-0.3, -0.25) is 4.79 Å². The predicted molar refractivity (Wildman–Crippen MR) is 133 cm³/mol. The van der Waals surface area contributed by atoms with Crippen molar-refractivity contribution in [2.45, 2.75) is 53.6 Å². The predicted octanol–water partition coefficient (Wildman–Crippen LogP) is 4.52. The number of carbonyl (C=O) groups is 1. The highest BCUT2D eigenvalue weighted by Crippen LogP contribution is 2.20. The Morgan fingerprint density at radius 1 is 1.18 bits per heavy atom. The van der Waals surface area contributed by atoms with Gasteiger partial charge in [0.2, 0.25) is 5.91 Å². The van der Waals surface area contributed by atoms with E-state index in [9.17, 15) is 9.59 Å². The van der Waals surface area contributed by atoms with Crippen LogP contribution in [0.25, 0.3) is 11.6 Å². The number of aromatic nitrogens is 4. The number of halogens is 1. The third kappa shape index (κ3) is 7.05. The summed E-state index contributed by atoms with van der Waals surface area (Å²) in [7, 11) is 0. The Hall–Kier alpha value is -3.39.